The van der Waals surface area contributed by atoms with E-state index in [0.717, 1.165) is 39.3 Å². The van der Waals surface area contributed by atoms with E-state index < -0.39 is 5.54 Å². The predicted octanol–water partition coefficient (Wildman–Crippen LogP) is 4.78. The number of hydrogen-bond acceptors (Lipinski definition) is 6. The fraction of sp³-hybridized carbons (Fsp3) is 0.333. The van der Waals surface area contributed by atoms with Gasteiger partial charge in [0.05, 0.1) is 28.0 Å². The Balaban J connectivity index is 1.21. The van der Waals surface area contributed by atoms with Crippen molar-refractivity contribution in [1.29, 1.82) is 0 Å². The average Bonchev–Trinajstić information content (AvgIpc) is 3.14. The van der Waals surface area contributed by atoms with E-state index >= 15 is 0 Å². The maximum atomic E-state index is 13.2. The molecule has 8 nitrogen and oxygen atoms in total. The SMILES string of the molecule is Cc1csc2c(Nc3n[nH]c4c3CN(C(=O)N[C@H]3C[C@@H]3c3ccccc3)C4(C)C)ncnc12. The van der Waals surface area contributed by atoms with Gasteiger partial charge in [-0.05, 0) is 43.7 Å². The molecule has 1 fully saturated rings. The second-order valence-electron chi connectivity index (χ2n) is 9.32. The summed E-state index contributed by atoms with van der Waals surface area (Å²) in [5.74, 6) is 1.83. The molecule has 6 rings (SSSR count). The lowest BCUT2D eigenvalue weighted by molar-refractivity contribution is 0.142. The minimum atomic E-state index is -0.496. The molecule has 0 radical (unpaired) electrons. The van der Waals surface area contributed by atoms with Gasteiger partial charge in [-0.3, -0.25) is 5.10 Å². The van der Waals surface area contributed by atoms with Gasteiger partial charge in [0.25, 0.3) is 0 Å². The highest BCUT2D eigenvalue weighted by Crippen LogP contribution is 2.44. The number of amides is 2. The van der Waals surface area contributed by atoms with Gasteiger partial charge in [-0.15, -0.1) is 11.3 Å². The van der Waals surface area contributed by atoms with Crippen molar-refractivity contribution in [2.45, 2.75) is 51.2 Å². The molecule has 0 saturated heterocycles. The zero-order chi connectivity index (χ0) is 22.7. The number of carbonyl (C=O) groups is 1. The highest BCUT2D eigenvalue weighted by molar-refractivity contribution is 7.18. The fourth-order valence-electron chi connectivity index (χ4n) is 4.78. The molecule has 2 atom stereocenters. The van der Waals surface area contributed by atoms with Crippen LogP contribution in [0.4, 0.5) is 16.4 Å². The number of hydrogen-bond donors (Lipinski definition) is 3. The minimum absolute atomic E-state index is 0.0442. The molecular weight excluding hydrogens is 434 g/mol. The van der Waals surface area contributed by atoms with Crippen LogP contribution in [0, 0.1) is 6.92 Å². The smallest absolute Gasteiger partial charge is 0.318 e. The van der Waals surface area contributed by atoms with Crippen molar-refractivity contribution >= 4 is 39.2 Å². The summed E-state index contributed by atoms with van der Waals surface area (Å²) in [6.07, 6.45) is 2.55. The number of carbonyl (C=O) groups excluding carboxylic acids is 1. The number of aryl methyl sites for hydroxylation is 1. The van der Waals surface area contributed by atoms with E-state index in [-0.39, 0.29) is 12.1 Å². The number of benzene rings is 1. The first-order valence-corrected chi connectivity index (χ1v) is 12.0. The van der Waals surface area contributed by atoms with E-state index in [1.54, 1.807) is 17.7 Å². The maximum Gasteiger partial charge on any atom is 0.318 e. The molecule has 9 heteroatoms. The standard InChI is InChI=1S/C24H25N7OS/c1-13-11-33-19-18(13)25-12-26-22(19)28-21-16-10-31(24(2,3)20(16)29-30-21)23(32)27-17-9-15(17)14-7-5-4-6-8-14/h4-8,11-12,15,17H,9-10H2,1-3H3,(H,27,32)(H2,25,26,28,29,30)/t15-,17+/m1/s1. The quantitative estimate of drug-likeness (QED) is 0.408. The Morgan fingerprint density at radius 1 is 1.21 bits per heavy atom. The number of anilines is 2. The van der Waals surface area contributed by atoms with E-state index in [2.05, 4.69) is 48.3 Å². The molecule has 168 valence electrons. The van der Waals surface area contributed by atoms with Gasteiger partial charge in [0.15, 0.2) is 11.6 Å². The molecule has 3 aromatic heterocycles. The summed E-state index contributed by atoms with van der Waals surface area (Å²) in [6.45, 7) is 6.62. The topological polar surface area (TPSA) is 98.8 Å². The zero-order valence-corrected chi connectivity index (χ0v) is 19.5. The predicted molar refractivity (Wildman–Crippen MR) is 129 cm³/mol. The Kier molecular flexibility index (Phi) is 4.45. The number of nitrogens with one attached hydrogen (secondary N) is 3. The number of aromatic amines is 1. The number of thiophene rings is 1. The molecule has 33 heavy (non-hydrogen) atoms. The second kappa shape index (κ2) is 7.28. The lowest BCUT2D eigenvalue weighted by atomic mass is 10.0. The molecule has 1 aliphatic heterocycles. The second-order valence-corrected chi connectivity index (χ2v) is 10.2. The monoisotopic (exact) mass is 459 g/mol. The number of aromatic nitrogens is 4. The normalized spacial score (nSPS) is 20.6. The summed E-state index contributed by atoms with van der Waals surface area (Å²) in [6, 6.07) is 10.5. The summed E-state index contributed by atoms with van der Waals surface area (Å²) in [5, 5.41) is 16.4. The van der Waals surface area contributed by atoms with Crippen LogP contribution in [0.2, 0.25) is 0 Å². The van der Waals surface area contributed by atoms with Crippen molar-refractivity contribution in [3.05, 3.63) is 64.4 Å². The molecular formula is C24H25N7OS. The fourth-order valence-corrected chi connectivity index (χ4v) is 5.72. The van der Waals surface area contributed by atoms with Crippen LogP contribution in [0.25, 0.3) is 10.2 Å². The molecule has 1 aromatic carbocycles. The Morgan fingerprint density at radius 2 is 2.03 bits per heavy atom. The number of H-pyrrole nitrogens is 1. The van der Waals surface area contributed by atoms with Crippen LogP contribution < -0.4 is 10.6 Å². The zero-order valence-electron chi connectivity index (χ0n) is 18.7. The first-order chi connectivity index (χ1) is 15.9. The average molecular weight is 460 g/mol. The van der Waals surface area contributed by atoms with Crippen molar-refractivity contribution in [1.82, 2.24) is 30.4 Å². The van der Waals surface area contributed by atoms with Gasteiger partial charge in [-0.2, -0.15) is 5.10 Å². The van der Waals surface area contributed by atoms with Crippen LogP contribution in [0.1, 0.15) is 48.6 Å². The van der Waals surface area contributed by atoms with Crippen LogP contribution in [0.5, 0.6) is 0 Å². The van der Waals surface area contributed by atoms with Crippen molar-refractivity contribution < 1.29 is 4.79 Å². The number of nitrogens with zero attached hydrogens (tertiary/aromatic N) is 4. The Morgan fingerprint density at radius 3 is 2.85 bits per heavy atom. The Bertz CT molecular complexity index is 1360. The van der Waals surface area contributed by atoms with E-state index in [1.165, 1.54) is 5.56 Å². The third-order valence-corrected chi connectivity index (χ3v) is 7.90. The first-order valence-electron chi connectivity index (χ1n) is 11.1. The summed E-state index contributed by atoms with van der Waals surface area (Å²) in [5.41, 5.74) is 4.80. The van der Waals surface area contributed by atoms with Crippen LogP contribution in [0.15, 0.2) is 42.0 Å². The van der Waals surface area contributed by atoms with Gasteiger partial charge in [-0.25, -0.2) is 14.8 Å². The van der Waals surface area contributed by atoms with E-state index in [4.69, 9.17) is 0 Å². The Hall–Kier alpha value is -3.46. The molecule has 2 aliphatic rings. The summed E-state index contributed by atoms with van der Waals surface area (Å²) in [7, 11) is 0. The third kappa shape index (κ3) is 3.26. The minimum Gasteiger partial charge on any atom is -0.335 e. The van der Waals surface area contributed by atoms with Crippen molar-refractivity contribution in [2.75, 3.05) is 5.32 Å². The largest absolute Gasteiger partial charge is 0.335 e. The van der Waals surface area contributed by atoms with Crippen LogP contribution in [-0.2, 0) is 12.1 Å². The van der Waals surface area contributed by atoms with Gasteiger partial charge < -0.3 is 15.5 Å². The summed E-state index contributed by atoms with van der Waals surface area (Å²) in [4.78, 5) is 24.0. The van der Waals surface area contributed by atoms with E-state index in [9.17, 15) is 4.79 Å². The van der Waals surface area contributed by atoms with Crippen LogP contribution in [0.3, 0.4) is 0 Å². The lowest BCUT2D eigenvalue weighted by Gasteiger charge is -2.32. The summed E-state index contributed by atoms with van der Waals surface area (Å²) >= 11 is 1.61. The molecule has 0 bridgehead atoms. The first kappa shape index (κ1) is 20.2. The van der Waals surface area contributed by atoms with Gasteiger partial charge in [-0.1, -0.05) is 30.3 Å². The molecule has 4 heterocycles. The van der Waals surface area contributed by atoms with Crippen molar-refractivity contribution in [3.8, 4) is 0 Å². The van der Waals surface area contributed by atoms with Gasteiger partial charge in [0.2, 0.25) is 0 Å². The molecule has 3 N–H and O–H groups in total. The number of fused-ring (bicyclic) bond motifs is 2. The molecule has 0 unspecified atom stereocenters. The highest BCUT2D eigenvalue weighted by atomic mass is 32.1. The van der Waals surface area contributed by atoms with Crippen molar-refractivity contribution in [2.24, 2.45) is 0 Å². The summed E-state index contributed by atoms with van der Waals surface area (Å²) < 4.78 is 0.999. The highest BCUT2D eigenvalue weighted by Gasteiger charge is 2.46. The van der Waals surface area contributed by atoms with Gasteiger partial charge in [0.1, 0.15) is 6.33 Å². The number of rotatable bonds is 4. The van der Waals surface area contributed by atoms with Crippen LogP contribution in [-0.4, -0.2) is 37.1 Å². The van der Waals surface area contributed by atoms with E-state index in [1.807, 2.05) is 43.9 Å². The maximum absolute atomic E-state index is 13.2. The third-order valence-electron chi connectivity index (χ3n) is 6.81. The Labute approximate surface area is 195 Å². The van der Waals surface area contributed by atoms with Gasteiger partial charge in [0, 0.05) is 17.5 Å². The molecule has 2 amide bonds. The molecule has 1 aliphatic carbocycles. The number of urea groups is 1. The van der Waals surface area contributed by atoms with Crippen LogP contribution >= 0.6 is 11.3 Å². The van der Waals surface area contributed by atoms with Gasteiger partial charge >= 0.3 is 6.03 Å². The molecule has 0 spiro atoms. The molecule has 4 aromatic rings. The molecule has 1 saturated carbocycles. The van der Waals surface area contributed by atoms with E-state index in [0.29, 0.717) is 18.3 Å². The lowest BCUT2D eigenvalue weighted by Crippen LogP contribution is -2.47. The van der Waals surface area contributed by atoms with Crippen molar-refractivity contribution in [3.63, 3.8) is 0 Å².